The number of rotatable bonds is 5. The number of fused-ring (bicyclic) bond motifs is 2. The van der Waals surface area contributed by atoms with Crippen molar-refractivity contribution in [1.82, 2.24) is 9.80 Å². The first-order valence-corrected chi connectivity index (χ1v) is 11.5. The maximum Gasteiger partial charge on any atom is 0.313 e. The minimum absolute atomic E-state index is 0.0884. The highest BCUT2D eigenvalue weighted by atomic mass is 16.6. The average molecular weight is 447 g/mol. The van der Waals surface area contributed by atoms with Gasteiger partial charge in [0.25, 0.3) is 0 Å². The van der Waals surface area contributed by atoms with Crippen molar-refractivity contribution in [2.24, 2.45) is 11.8 Å². The third kappa shape index (κ3) is 3.39. The van der Waals surface area contributed by atoms with E-state index < -0.39 is 40.6 Å². The van der Waals surface area contributed by atoms with Gasteiger partial charge in [0, 0.05) is 25.2 Å². The standard InChI is InChI=1S/C24H34N2O6/c1-22(2,3)26-13-8-11-24-16(17-21(30)31-15-9-10-23(17,4)32-24)19(28)25(18(24)20(26)29)12-6-5-7-14-27/h8-11,16-18,27H,5-7,12-15H2,1-4H3/t16-,17-,18?,23+,24-/m0/s1. The molecule has 1 spiro atoms. The molecule has 0 aromatic rings. The summed E-state index contributed by atoms with van der Waals surface area (Å²) in [4.78, 5) is 44.2. The summed E-state index contributed by atoms with van der Waals surface area (Å²) < 4.78 is 12.0. The molecular formula is C24H34N2O6. The summed E-state index contributed by atoms with van der Waals surface area (Å²) in [5.74, 6) is -2.53. The summed E-state index contributed by atoms with van der Waals surface area (Å²) in [6.07, 6.45) is 9.31. The Morgan fingerprint density at radius 2 is 1.81 bits per heavy atom. The van der Waals surface area contributed by atoms with Crippen molar-refractivity contribution < 1.29 is 29.0 Å². The minimum atomic E-state index is -1.23. The number of amides is 2. The van der Waals surface area contributed by atoms with Gasteiger partial charge in [0.1, 0.15) is 24.2 Å². The zero-order valence-electron chi connectivity index (χ0n) is 19.4. The van der Waals surface area contributed by atoms with Crippen LogP contribution in [0.3, 0.4) is 0 Å². The predicted octanol–water partition coefficient (Wildman–Crippen LogP) is 1.43. The number of unbranched alkanes of at least 4 members (excludes halogenated alkanes) is 2. The third-order valence-corrected chi connectivity index (χ3v) is 7.18. The quantitative estimate of drug-likeness (QED) is 0.390. The summed E-state index contributed by atoms with van der Waals surface area (Å²) in [6, 6.07) is -0.850. The molecule has 0 saturated carbocycles. The molecular weight excluding hydrogens is 412 g/mol. The van der Waals surface area contributed by atoms with Gasteiger partial charge in [-0.25, -0.2) is 0 Å². The van der Waals surface area contributed by atoms with Crippen molar-refractivity contribution >= 4 is 17.8 Å². The highest BCUT2D eigenvalue weighted by Gasteiger charge is 2.74. The molecule has 0 radical (unpaired) electrons. The average Bonchev–Trinajstić information content (AvgIpc) is 2.95. The number of aliphatic hydroxyl groups is 1. The summed E-state index contributed by atoms with van der Waals surface area (Å²) in [6.45, 7) is 8.72. The van der Waals surface area contributed by atoms with Crippen molar-refractivity contribution in [2.75, 3.05) is 26.3 Å². The van der Waals surface area contributed by atoms with E-state index in [1.165, 1.54) is 0 Å². The number of nitrogens with zero attached hydrogens (tertiary/aromatic N) is 2. The van der Waals surface area contributed by atoms with Gasteiger partial charge in [-0.3, -0.25) is 14.4 Å². The fourth-order valence-electron chi connectivity index (χ4n) is 5.77. The SMILES string of the molecule is CC(C)(C)N1CC=C[C@]23O[C@]4(C)C=CCOC(=O)[C@@H]4[C@H]2C(=O)N(CCCCCO)C3C1=O. The normalized spacial score (nSPS) is 36.5. The number of hydrogen-bond donors (Lipinski definition) is 1. The molecule has 0 aromatic carbocycles. The number of cyclic esters (lactones) is 1. The second kappa shape index (κ2) is 7.99. The number of likely N-dealkylation sites (tertiary alicyclic amines) is 1. The molecule has 2 saturated heterocycles. The van der Waals surface area contributed by atoms with Crippen LogP contribution in [0.5, 0.6) is 0 Å². The molecule has 4 aliphatic heterocycles. The number of carbonyl (C=O) groups is 3. The molecule has 0 aliphatic carbocycles. The summed E-state index contributed by atoms with van der Waals surface area (Å²) in [5.41, 5.74) is -2.70. The number of ether oxygens (including phenoxy) is 2. The summed E-state index contributed by atoms with van der Waals surface area (Å²) in [5, 5.41) is 9.12. The first-order chi connectivity index (χ1) is 15.1. The van der Waals surface area contributed by atoms with E-state index in [0.717, 1.165) is 6.42 Å². The van der Waals surface area contributed by atoms with Crippen LogP contribution in [0.4, 0.5) is 0 Å². The minimum Gasteiger partial charge on any atom is -0.461 e. The lowest BCUT2D eigenvalue weighted by molar-refractivity contribution is -0.158. The fraction of sp³-hybridized carbons (Fsp3) is 0.708. The second-order valence-corrected chi connectivity index (χ2v) is 10.4. The van der Waals surface area contributed by atoms with Gasteiger partial charge in [-0.1, -0.05) is 18.2 Å². The van der Waals surface area contributed by atoms with E-state index in [9.17, 15) is 14.4 Å². The van der Waals surface area contributed by atoms with E-state index in [1.807, 2.05) is 32.9 Å². The van der Waals surface area contributed by atoms with Gasteiger partial charge in [0.05, 0.1) is 11.5 Å². The van der Waals surface area contributed by atoms with Crippen molar-refractivity contribution in [2.45, 2.75) is 69.7 Å². The molecule has 32 heavy (non-hydrogen) atoms. The Morgan fingerprint density at radius 3 is 2.50 bits per heavy atom. The third-order valence-electron chi connectivity index (χ3n) is 7.18. The van der Waals surface area contributed by atoms with Crippen LogP contribution in [0.25, 0.3) is 0 Å². The largest absolute Gasteiger partial charge is 0.461 e. The van der Waals surface area contributed by atoms with Gasteiger partial charge in [-0.15, -0.1) is 0 Å². The molecule has 176 valence electrons. The van der Waals surface area contributed by atoms with E-state index in [4.69, 9.17) is 14.6 Å². The van der Waals surface area contributed by atoms with Crippen LogP contribution in [0, 0.1) is 11.8 Å². The molecule has 8 heteroatoms. The van der Waals surface area contributed by atoms with E-state index in [0.29, 0.717) is 25.9 Å². The van der Waals surface area contributed by atoms with Crippen molar-refractivity contribution in [3.8, 4) is 0 Å². The van der Waals surface area contributed by atoms with Crippen LogP contribution < -0.4 is 0 Å². The molecule has 1 N–H and O–H groups in total. The van der Waals surface area contributed by atoms with E-state index >= 15 is 0 Å². The molecule has 4 rings (SSSR count). The Balaban J connectivity index is 1.80. The predicted molar refractivity (Wildman–Crippen MR) is 116 cm³/mol. The smallest absolute Gasteiger partial charge is 0.313 e. The molecule has 0 aromatic heterocycles. The van der Waals surface area contributed by atoms with E-state index in [-0.39, 0.29) is 25.0 Å². The Hall–Kier alpha value is -2.19. The molecule has 8 nitrogen and oxygen atoms in total. The van der Waals surface area contributed by atoms with Gasteiger partial charge < -0.3 is 24.4 Å². The van der Waals surface area contributed by atoms with E-state index in [1.54, 1.807) is 28.9 Å². The lowest BCUT2D eigenvalue weighted by Gasteiger charge is -2.41. The van der Waals surface area contributed by atoms with Gasteiger partial charge in [0.15, 0.2) is 0 Å². The molecule has 1 unspecified atom stereocenters. The fourth-order valence-corrected chi connectivity index (χ4v) is 5.77. The monoisotopic (exact) mass is 446 g/mol. The molecule has 4 heterocycles. The molecule has 2 amide bonds. The Bertz CT molecular complexity index is 861. The van der Waals surface area contributed by atoms with Crippen molar-refractivity contribution in [1.29, 1.82) is 0 Å². The summed E-state index contributed by atoms with van der Waals surface area (Å²) in [7, 11) is 0. The lowest BCUT2D eigenvalue weighted by atomic mass is 9.74. The first-order valence-electron chi connectivity index (χ1n) is 11.5. The number of hydrogen-bond acceptors (Lipinski definition) is 6. The van der Waals surface area contributed by atoms with Gasteiger partial charge >= 0.3 is 5.97 Å². The number of carbonyl (C=O) groups excluding carboxylic acids is 3. The van der Waals surface area contributed by atoms with Crippen LogP contribution in [-0.2, 0) is 23.9 Å². The van der Waals surface area contributed by atoms with Crippen LogP contribution in [-0.4, -0.2) is 81.8 Å². The maximum absolute atomic E-state index is 14.0. The van der Waals surface area contributed by atoms with Gasteiger partial charge in [-0.05, 0) is 53.0 Å². The molecule has 4 aliphatic rings. The summed E-state index contributed by atoms with van der Waals surface area (Å²) >= 11 is 0. The Labute approximate surface area is 189 Å². The molecule has 0 bridgehead atoms. The Morgan fingerprint density at radius 1 is 1.06 bits per heavy atom. The lowest BCUT2D eigenvalue weighted by Crippen LogP contribution is -2.59. The van der Waals surface area contributed by atoms with Crippen LogP contribution in [0.2, 0.25) is 0 Å². The van der Waals surface area contributed by atoms with Crippen LogP contribution in [0.1, 0.15) is 47.0 Å². The zero-order valence-corrected chi connectivity index (χ0v) is 19.4. The van der Waals surface area contributed by atoms with Gasteiger partial charge in [-0.2, -0.15) is 0 Å². The molecule has 5 atom stereocenters. The number of esters is 1. The van der Waals surface area contributed by atoms with Crippen LogP contribution in [0.15, 0.2) is 24.3 Å². The topological polar surface area (TPSA) is 96.4 Å². The Kier molecular flexibility index (Phi) is 5.74. The second-order valence-electron chi connectivity index (χ2n) is 10.4. The first kappa shape index (κ1) is 23.0. The molecule has 2 fully saturated rings. The maximum atomic E-state index is 14.0. The van der Waals surface area contributed by atoms with Crippen molar-refractivity contribution in [3.63, 3.8) is 0 Å². The van der Waals surface area contributed by atoms with Crippen LogP contribution >= 0.6 is 0 Å². The highest BCUT2D eigenvalue weighted by molar-refractivity contribution is 5.99. The zero-order chi connectivity index (χ0) is 23.3. The van der Waals surface area contributed by atoms with Crippen molar-refractivity contribution in [3.05, 3.63) is 24.3 Å². The van der Waals surface area contributed by atoms with Gasteiger partial charge in [0.2, 0.25) is 11.8 Å². The van der Waals surface area contributed by atoms with E-state index in [2.05, 4.69) is 0 Å². The highest BCUT2D eigenvalue weighted by Crippen LogP contribution is 2.57. The number of aliphatic hydroxyl groups excluding tert-OH is 1.